The van der Waals surface area contributed by atoms with Crippen LogP contribution in [-0.2, 0) is 14.3 Å². The summed E-state index contributed by atoms with van der Waals surface area (Å²) in [6.07, 6.45) is 1.99. The Bertz CT molecular complexity index is 772. The zero-order valence-electron chi connectivity index (χ0n) is 15.1. The summed E-state index contributed by atoms with van der Waals surface area (Å²) < 4.78 is 10.8. The first-order chi connectivity index (χ1) is 13.2. The highest BCUT2D eigenvalue weighted by Gasteiger charge is 2.29. The van der Waals surface area contributed by atoms with Gasteiger partial charge in [0.25, 0.3) is 0 Å². The van der Waals surface area contributed by atoms with Gasteiger partial charge in [-0.2, -0.15) is 0 Å². The zero-order chi connectivity index (χ0) is 19.1. The summed E-state index contributed by atoms with van der Waals surface area (Å²) in [7, 11) is 0. The van der Waals surface area contributed by atoms with Crippen LogP contribution >= 0.6 is 0 Å². The van der Waals surface area contributed by atoms with Gasteiger partial charge >= 0.3 is 6.09 Å². The molecule has 1 aliphatic rings. The molecule has 0 saturated carbocycles. The maximum Gasteiger partial charge on any atom is 0.407 e. The molecule has 0 aromatic heterocycles. The monoisotopic (exact) mass is 365 g/mol. The van der Waals surface area contributed by atoms with Crippen molar-refractivity contribution in [2.24, 2.45) is 0 Å². The Labute approximate surface area is 159 Å². The van der Waals surface area contributed by atoms with Crippen LogP contribution in [0.4, 0.5) is 4.79 Å². The molecule has 0 saturated heterocycles. The van der Waals surface area contributed by atoms with Crippen molar-refractivity contribution < 1.29 is 19.1 Å². The maximum absolute atomic E-state index is 12.2. The van der Waals surface area contributed by atoms with Gasteiger partial charge in [0.2, 0.25) is 0 Å². The molecular formula is C22H23NO4. The number of rotatable bonds is 9. The molecule has 5 heteroatoms. The van der Waals surface area contributed by atoms with Crippen LogP contribution in [0, 0.1) is 0 Å². The average molecular weight is 365 g/mol. The molecule has 0 radical (unpaired) electrons. The fourth-order valence-electron chi connectivity index (χ4n) is 3.39. The van der Waals surface area contributed by atoms with Crippen molar-refractivity contribution in [2.75, 3.05) is 19.8 Å². The van der Waals surface area contributed by atoms with E-state index in [9.17, 15) is 9.59 Å². The Morgan fingerprint density at radius 3 is 2.33 bits per heavy atom. The second-order valence-electron chi connectivity index (χ2n) is 6.40. The lowest BCUT2D eigenvalue weighted by Gasteiger charge is -2.18. The van der Waals surface area contributed by atoms with Crippen molar-refractivity contribution in [3.63, 3.8) is 0 Å². The Kier molecular flexibility index (Phi) is 6.39. The van der Waals surface area contributed by atoms with Crippen LogP contribution in [0.15, 0.2) is 61.2 Å². The zero-order valence-corrected chi connectivity index (χ0v) is 15.1. The average Bonchev–Trinajstić information content (AvgIpc) is 3.01. The molecule has 2 aromatic carbocycles. The molecule has 1 atom stereocenters. The summed E-state index contributed by atoms with van der Waals surface area (Å²) in [6, 6.07) is 15.9. The summed E-state index contributed by atoms with van der Waals surface area (Å²) >= 11 is 0. The quantitative estimate of drug-likeness (QED) is 0.418. The second-order valence-corrected chi connectivity index (χ2v) is 6.40. The number of amides is 1. The van der Waals surface area contributed by atoms with E-state index in [0.29, 0.717) is 6.61 Å². The number of alkyl carbamates (subject to hydrolysis) is 1. The van der Waals surface area contributed by atoms with Gasteiger partial charge in [-0.3, -0.25) is 0 Å². The first kappa shape index (κ1) is 18.9. The summed E-state index contributed by atoms with van der Waals surface area (Å²) in [5, 5.41) is 2.70. The van der Waals surface area contributed by atoms with E-state index in [-0.39, 0.29) is 25.6 Å². The molecule has 1 unspecified atom stereocenters. The molecule has 1 aliphatic carbocycles. The van der Waals surface area contributed by atoms with Crippen molar-refractivity contribution >= 4 is 12.4 Å². The van der Waals surface area contributed by atoms with Gasteiger partial charge in [0, 0.05) is 12.3 Å². The van der Waals surface area contributed by atoms with Crippen molar-refractivity contribution in [3.05, 3.63) is 72.3 Å². The fourth-order valence-corrected chi connectivity index (χ4v) is 3.39. The van der Waals surface area contributed by atoms with Gasteiger partial charge in [-0.05, 0) is 22.3 Å². The molecule has 140 valence electrons. The van der Waals surface area contributed by atoms with E-state index in [4.69, 9.17) is 9.47 Å². The van der Waals surface area contributed by atoms with E-state index >= 15 is 0 Å². The minimum absolute atomic E-state index is 0.00434. The standard InChI is InChI=1S/C22H23NO4/c1-2-13-26-14-16(11-12-24)23-22(25)27-15-21-19-9-5-3-7-17(19)18-8-4-6-10-20(18)21/h2-10,12,16,21H,1,11,13-15H2,(H,23,25). The molecule has 0 heterocycles. The lowest BCUT2D eigenvalue weighted by molar-refractivity contribution is -0.108. The molecule has 1 N–H and O–H groups in total. The highest BCUT2D eigenvalue weighted by molar-refractivity contribution is 5.79. The molecule has 2 aromatic rings. The van der Waals surface area contributed by atoms with E-state index < -0.39 is 12.1 Å². The molecule has 1 amide bonds. The normalized spacial score (nSPS) is 13.3. The Balaban J connectivity index is 1.63. The molecule has 5 nitrogen and oxygen atoms in total. The lowest BCUT2D eigenvalue weighted by Crippen LogP contribution is -2.39. The highest BCUT2D eigenvalue weighted by Crippen LogP contribution is 2.44. The third-order valence-corrected chi connectivity index (χ3v) is 4.60. The van der Waals surface area contributed by atoms with E-state index in [0.717, 1.165) is 17.4 Å². The minimum Gasteiger partial charge on any atom is -0.449 e. The number of nitrogens with one attached hydrogen (secondary N) is 1. The molecular weight excluding hydrogens is 342 g/mol. The predicted octanol–water partition coefficient (Wildman–Crippen LogP) is 3.69. The van der Waals surface area contributed by atoms with Gasteiger partial charge in [0.05, 0.1) is 19.3 Å². The van der Waals surface area contributed by atoms with Gasteiger partial charge in [-0.25, -0.2) is 4.79 Å². The summed E-state index contributed by atoms with van der Waals surface area (Å²) in [5.74, 6) is 0.00434. The number of carbonyl (C=O) groups is 2. The fraction of sp³-hybridized carbons (Fsp3) is 0.273. The molecule has 0 fully saturated rings. The van der Waals surface area contributed by atoms with Crippen LogP contribution < -0.4 is 5.32 Å². The number of hydrogen-bond acceptors (Lipinski definition) is 4. The van der Waals surface area contributed by atoms with Gasteiger partial charge < -0.3 is 19.6 Å². The Hall–Kier alpha value is -2.92. The molecule has 0 aliphatic heterocycles. The molecule has 27 heavy (non-hydrogen) atoms. The summed E-state index contributed by atoms with van der Waals surface area (Å²) in [5.41, 5.74) is 4.67. The molecule has 0 spiro atoms. The number of aldehydes is 1. The Morgan fingerprint density at radius 2 is 1.74 bits per heavy atom. The van der Waals surface area contributed by atoms with Crippen LogP contribution in [0.2, 0.25) is 0 Å². The van der Waals surface area contributed by atoms with Crippen LogP contribution in [-0.4, -0.2) is 38.2 Å². The molecule has 0 bridgehead atoms. The maximum atomic E-state index is 12.2. The number of benzene rings is 2. The first-order valence-corrected chi connectivity index (χ1v) is 8.98. The van der Waals surface area contributed by atoms with Crippen molar-refractivity contribution in [3.8, 4) is 11.1 Å². The highest BCUT2D eigenvalue weighted by atomic mass is 16.5. The van der Waals surface area contributed by atoms with Crippen LogP contribution in [0.1, 0.15) is 23.5 Å². The Morgan fingerprint density at radius 1 is 1.11 bits per heavy atom. The first-order valence-electron chi connectivity index (χ1n) is 8.98. The predicted molar refractivity (Wildman–Crippen MR) is 104 cm³/mol. The van der Waals surface area contributed by atoms with Gasteiger partial charge in [-0.1, -0.05) is 54.6 Å². The largest absolute Gasteiger partial charge is 0.449 e. The molecule has 3 rings (SSSR count). The van der Waals surface area contributed by atoms with Crippen LogP contribution in [0.3, 0.4) is 0 Å². The van der Waals surface area contributed by atoms with E-state index in [1.807, 2.05) is 24.3 Å². The third kappa shape index (κ3) is 4.44. The van der Waals surface area contributed by atoms with Gasteiger partial charge in [0.15, 0.2) is 0 Å². The van der Waals surface area contributed by atoms with E-state index in [2.05, 4.69) is 36.2 Å². The third-order valence-electron chi connectivity index (χ3n) is 4.60. The van der Waals surface area contributed by atoms with Gasteiger partial charge in [-0.15, -0.1) is 6.58 Å². The lowest BCUT2D eigenvalue weighted by atomic mass is 9.98. The second kappa shape index (κ2) is 9.14. The SMILES string of the molecule is C=CCOCC(CC=O)NC(=O)OCC1c2ccccc2-c2ccccc21. The number of carbonyl (C=O) groups excluding carboxylic acids is 2. The van der Waals surface area contributed by atoms with Crippen molar-refractivity contribution in [1.29, 1.82) is 0 Å². The minimum atomic E-state index is -0.550. The van der Waals surface area contributed by atoms with Crippen LogP contribution in [0.25, 0.3) is 11.1 Å². The summed E-state index contributed by atoms with van der Waals surface area (Å²) in [4.78, 5) is 23.0. The smallest absolute Gasteiger partial charge is 0.407 e. The topological polar surface area (TPSA) is 64.6 Å². The van der Waals surface area contributed by atoms with E-state index in [1.54, 1.807) is 6.08 Å². The summed E-state index contributed by atoms with van der Waals surface area (Å²) in [6.45, 7) is 4.40. The number of fused-ring (bicyclic) bond motifs is 3. The van der Waals surface area contributed by atoms with Crippen molar-refractivity contribution in [2.45, 2.75) is 18.4 Å². The van der Waals surface area contributed by atoms with Crippen molar-refractivity contribution in [1.82, 2.24) is 5.32 Å². The number of ether oxygens (including phenoxy) is 2. The number of hydrogen-bond donors (Lipinski definition) is 1. The van der Waals surface area contributed by atoms with E-state index in [1.165, 1.54) is 11.1 Å². The van der Waals surface area contributed by atoms with Gasteiger partial charge in [0.1, 0.15) is 12.9 Å². The van der Waals surface area contributed by atoms with Crippen LogP contribution in [0.5, 0.6) is 0 Å².